The molecule has 9 heteroatoms. The van der Waals surface area contributed by atoms with Crippen molar-refractivity contribution in [1.82, 2.24) is 4.98 Å². The van der Waals surface area contributed by atoms with Gasteiger partial charge in [0.05, 0.1) is 31.9 Å². The van der Waals surface area contributed by atoms with Crippen LogP contribution in [0.1, 0.15) is 35.2 Å². The van der Waals surface area contributed by atoms with Crippen LogP contribution in [0.25, 0.3) is 16.0 Å². The fraction of sp³-hybridized carbons (Fsp3) is 0.179. The molecule has 2 atom stereocenters. The van der Waals surface area contributed by atoms with E-state index in [0.29, 0.717) is 33.2 Å². The van der Waals surface area contributed by atoms with E-state index in [1.54, 1.807) is 36.4 Å². The van der Waals surface area contributed by atoms with Gasteiger partial charge >= 0.3 is 5.91 Å². The number of anilines is 1. The molecule has 4 aromatic rings. The number of benzene rings is 3. The summed E-state index contributed by atoms with van der Waals surface area (Å²) in [5.41, 5.74) is 3.63. The monoisotopic (exact) mass is 550 g/mol. The molecule has 2 aliphatic heterocycles. The quantitative estimate of drug-likeness (QED) is 0.171. The molecule has 1 amide bonds. The molecule has 6 rings (SSSR count). The molecule has 3 aromatic carbocycles. The highest BCUT2D eigenvalue weighted by Crippen LogP contribution is 2.45. The predicted molar refractivity (Wildman–Crippen MR) is 146 cm³/mol. The number of aryl methyl sites for hydroxylation is 1. The fourth-order valence-corrected chi connectivity index (χ4v) is 6.27. The standard InChI is InChI=1S/C28H20Cl2N2O4S/c1-13-3-7-20-22(9-13)37-28(31-20)32-24(15-4-6-18(29)19(30)12-15)23(26(34)27(32)35)25(33)16-5-8-21-17(11-16)10-14(2)36-21/h3-9,11-12,14,24,33H,10H2,1-2H3/t14-,24+/m1/s1. The van der Waals surface area contributed by atoms with Crippen LogP contribution < -0.4 is 9.64 Å². The second-order valence-electron chi connectivity index (χ2n) is 9.27. The van der Waals surface area contributed by atoms with Gasteiger partial charge in [0.25, 0.3) is 5.78 Å². The lowest BCUT2D eigenvalue weighted by molar-refractivity contribution is -0.132. The molecular formula is C28H20Cl2N2O4S. The minimum Gasteiger partial charge on any atom is -0.507 e. The van der Waals surface area contributed by atoms with Crippen molar-refractivity contribution >= 4 is 67.3 Å². The lowest BCUT2D eigenvalue weighted by Gasteiger charge is -2.23. The molecule has 0 aliphatic carbocycles. The third-order valence-electron chi connectivity index (χ3n) is 6.61. The van der Waals surface area contributed by atoms with Gasteiger partial charge in [-0.2, -0.15) is 0 Å². The van der Waals surface area contributed by atoms with E-state index in [1.807, 2.05) is 32.0 Å². The van der Waals surface area contributed by atoms with Crippen molar-refractivity contribution < 1.29 is 19.4 Å². The molecule has 186 valence electrons. The van der Waals surface area contributed by atoms with Crippen LogP contribution in [-0.4, -0.2) is 27.9 Å². The summed E-state index contributed by atoms with van der Waals surface area (Å²) in [6.45, 7) is 3.94. The lowest BCUT2D eigenvalue weighted by Crippen LogP contribution is -2.29. The van der Waals surface area contributed by atoms with Crippen molar-refractivity contribution in [3.63, 3.8) is 0 Å². The highest BCUT2D eigenvalue weighted by molar-refractivity contribution is 7.22. The van der Waals surface area contributed by atoms with Crippen LogP contribution in [0.2, 0.25) is 10.0 Å². The van der Waals surface area contributed by atoms with Gasteiger partial charge in [0.1, 0.15) is 17.6 Å². The van der Waals surface area contributed by atoms with E-state index in [9.17, 15) is 14.7 Å². The molecule has 0 unspecified atom stereocenters. The third-order valence-corrected chi connectivity index (χ3v) is 8.37. The van der Waals surface area contributed by atoms with Gasteiger partial charge in [-0.1, -0.05) is 46.7 Å². The van der Waals surface area contributed by atoms with Crippen LogP contribution in [-0.2, 0) is 16.0 Å². The predicted octanol–water partition coefficient (Wildman–Crippen LogP) is 6.86. The Morgan fingerprint density at radius 3 is 2.68 bits per heavy atom. The molecular weight excluding hydrogens is 531 g/mol. The second kappa shape index (κ2) is 8.87. The topological polar surface area (TPSA) is 79.7 Å². The van der Waals surface area contributed by atoms with Crippen LogP contribution in [0.5, 0.6) is 5.75 Å². The molecule has 0 bridgehead atoms. The Labute approximate surface area is 226 Å². The molecule has 0 saturated carbocycles. The number of hydrogen-bond donors (Lipinski definition) is 1. The Morgan fingerprint density at radius 2 is 1.89 bits per heavy atom. The number of halogens is 2. The summed E-state index contributed by atoms with van der Waals surface area (Å²) < 4.78 is 6.66. The van der Waals surface area contributed by atoms with E-state index in [1.165, 1.54) is 16.2 Å². The zero-order valence-electron chi connectivity index (χ0n) is 19.8. The summed E-state index contributed by atoms with van der Waals surface area (Å²) in [5.74, 6) is -1.09. The fourth-order valence-electron chi connectivity index (χ4n) is 4.88. The van der Waals surface area contributed by atoms with Crippen molar-refractivity contribution in [2.75, 3.05) is 4.90 Å². The minimum atomic E-state index is -0.945. The van der Waals surface area contributed by atoms with Crippen molar-refractivity contribution in [2.45, 2.75) is 32.4 Å². The first-order valence-corrected chi connectivity index (χ1v) is 13.2. The number of aliphatic hydroxyl groups excluding tert-OH is 1. The van der Waals surface area contributed by atoms with Crippen LogP contribution >= 0.6 is 34.5 Å². The van der Waals surface area contributed by atoms with Gasteiger partial charge in [-0.15, -0.1) is 0 Å². The number of nitrogens with zero attached hydrogens (tertiary/aromatic N) is 2. The first-order valence-electron chi connectivity index (χ1n) is 11.6. The van der Waals surface area contributed by atoms with Crippen molar-refractivity contribution in [3.05, 3.63) is 92.5 Å². The maximum Gasteiger partial charge on any atom is 0.301 e. The summed E-state index contributed by atoms with van der Waals surface area (Å²) >= 11 is 13.8. The molecule has 2 aliphatic rings. The van der Waals surface area contributed by atoms with Gasteiger partial charge in [0, 0.05) is 12.0 Å². The van der Waals surface area contributed by atoms with E-state index in [4.69, 9.17) is 27.9 Å². The summed E-state index contributed by atoms with van der Waals surface area (Å²) in [7, 11) is 0. The van der Waals surface area contributed by atoms with Crippen molar-refractivity contribution in [2.24, 2.45) is 0 Å². The average Bonchev–Trinajstić information content (AvgIpc) is 3.52. The molecule has 0 radical (unpaired) electrons. The second-order valence-corrected chi connectivity index (χ2v) is 11.1. The number of fused-ring (bicyclic) bond motifs is 2. The number of carbonyl (C=O) groups is 2. The Bertz CT molecular complexity index is 1660. The van der Waals surface area contributed by atoms with Gasteiger partial charge in [0.2, 0.25) is 0 Å². The number of hydrogen-bond acceptors (Lipinski definition) is 6. The first kappa shape index (κ1) is 24.0. The Balaban J connectivity index is 1.55. The zero-order valence-corrected chi connectivity index (χ0v) is 22.1. The van der Waals surface area contributed by atoms with E-state index in [2.05, 4.69) is 4.98 Å². The molecule has 1 N–H and O–H groups in total. The van der Waals surface area contributed by atoms with Crippen LogP contribution in [0.15, 0.2) is 60.2 Å². The molecule has 0 spiro atoms. The van der Waals surface area contributed by atoms with Gasteiger partial charge in [-0.25, -0.2) is 4.98 Å². The number of ketones is 1. The van der Waals surface area contributed by atoms with E-state index in [0.717, 1.165) is 21.6 Å². The number of rotatable bonds is 3. The largest absolute Gasteiger partial charge is 0.507 e. The summed E-state index contributed by atoms with van der Waals surface area (Å²) in [4.78, 5) is 32.9. The smallest absolute Gasteiger partial charge is 0.301 e. The van der Waals surface area contributed by atoms with Crippen molar-refractivity contribution in [1.29, 1.82) is 0 Å². The molecule has 3 heterocycles. The number of ether oxygens (including phenoxy) is 1. The normalized spacial score (nSPS) is 20.5. The summed E-state index contributed by atoms with van der Waals surface area (Å²) in [6.07, 6.45) is 0.712. The van der Waals surface area contributed by atoms with Gasteiger partial charge in [0.15, 0.2) is 5.13 Å². The highest BCUT2D eigenvalue weighted by Gasteiger charge is 2.48. The maximum absolute atomic E-state index is 13.5. The number of aliphatic hydroxyl groups is 1. The average molecular weight is 551 g/mol. The Morgan fingerprint density at radius 1 is 1.08 bits per heavy atom. The molecule has 1 saturated heterocycles. The van der Waals surface area contributed by atoms with Crippen LogP contribution in [0, 0.1) is 6.92 Å². The lowest BCUT2D eigenvalue weighted by atomic mass is 9.94. The summed E-state index contributed by atoms with van der Waals surface area (Å²) in [5, 5.41) is 12.4. The molecule has 37 heavy (non-hydrogen) atoms. The number of amides is 1. The molecule has 6 nitrogen and oxygen atoms in total. The minimum absolute atomic E-state index is 0.0249. The highest BCUT2D eigenvalue weighted by atomic mass is 35.5. The van der Waals surface area contributed by atoms with Gasteiger partial charge in [-0.05, 0) is 73.0 Å². The van der Waals surface area contributed by atoms with Crippen LogP contribution in [0.4, 0.5) is 5.13 Å². The zero-order chi connectivity index (χ0) is 26.0. The van der Waals surface area contributed by atoms with E-state index in [-0.39, 0.29) is 22.5 Å². The number of Topliss-reactive ketones (excluding diaryl/α,β-unsaturated/α-hetero) is 1. The van der Waals surface area contributed by atoms with Gasteiger partial charge in [-0.3, -0.25) is 14.5 Å². The third kappa shape index (κ3) is 3.98. The molecule has 1 fully saturated rings. The Kier molecular flexibility index (Phi) is 5.75. The van der Waals surface area contributed by atoms with E-state index >= 15 is 0 Å². The number of carbonyl (C=O) groups excluding carboxylic acids is 2. The molecule has 1 aromatic heterocycles. The SMILES string of the molecule is Cc1ccc2nc(N3C(=O)C(=O)C(=C(O)c4ccc5c(c4)C[C@@H](C)O5)[C@@H]3c3ccc(Cl)c(Cl)c3)sc2c1. The maximum atomic E-state index is 13.5. The van der Waals surface area contributed by atoms with Crippen LogP contribution in [0.3, 0.4) is 0 Å². The van der Waals surface area contributed by atoms with Crippen molar-refractivity contribution in [3.8, 4) is 5.75 Å². The number of aromatic nitrogens is 1. The Hall–Kier alpha value is -3.39. The first-order chi connectivity index (χ1) is 17.7. The van der Waals surface area contributed by atoms with E-state index < -0.39 is 17.7 Å². The number of thiazole rings is 1. The van der Waals surface area contributed by atoms with Gasteiger partial charge < -0.3 is 9.84 Å². The summed E-state index contributed by atoms with van der Waals surface area (Å²) in [6, 6.07) is 15.0.